The van der Waals surface area contributed by atoms with Gasteiger partial charge >= 0.3 is 11.9 Å². The molecule has 1 atom stereocenters. The summed E-state index contributed by atoms with van der Waals surface area (Å²) in [6.07, 6.45) is 27.3. The zero-order valence-corrected chi connectivity index (χ0v) is 26.1. The summed E-state index contributed by atoms with van der Waals surface area (Å²) in [6.45, 7) is 3.38. The maximum Gasteiger partial charge on any atom is 0.306 e. The van der Waals surface area contributed by atoms with Crippen molar-refractivity contribution in [3.05, 3.63) is 24.3 Å². The highest BCUT2D eigenvalue weighted by atomic mass is 31.2. The molecule has 0 radical (unpaired) electrons. The monoisotopic (exact) mass is 586 g/mol. The van der Waals surface area contributed by atoms with Crippen LogP contribution in [0.25, 0.3) is 0 Å². The van der Waals surface area contributed by atoms with Crippen LogP contribution in [0.15, 0.2) is 24.3 Å². The lowest BCUT2D eigenvalue weighted by Crippen LogP contribution is -2.31. The van der Waals surface area contributed by atoms with Crippen LogP contribution in [0.2, 0.25) is 0 Å². The molecule has 0 aliphatic heterocycles. The van der Waals surface area contributed by atoms with Crippen molar-refractivity contribution in [2.75, 3.05) is 13.2 Å². The molecule has 9 heteroatoms. The van der Waals surface area contributed by atoms with E-state index in [9.17, 15) is 23.9 Å². The Hall–Kier alpha value is -1.47. The molecule has 234 valence electrons. The van der Waals surface area contributed by atoms with E-state index in [1.807, 2.05) is 0 Å². The summed E-state index contributed by atoms with van der Waals surface area (Å²) >= 11 is 0. The van der Waals surface area contributed by atoms with Crippen molar-refractivity contribution in [3.63, 3.8) is 0 Å². The molecule has 0 saturated heterocycles. The van der Waals surface area contributed by atoms with Crippen LogP contribution in [0, 0.1) is 0 Å². The van der Waals surface area contributed by atoms with Crippen molar-refractivity contribution >= 4 is 19.8 Å². The van der Waals surface area contributed by atoms with Gasteiger partial charge in [-0.25, -0.2) is 0 Å². The van der Waals surface area contributed by atoms with Gasteiger partial charge in [-0.15, -0.1) is 0 Å². The molecule has 0 N–H and O–H groups in total. The Balaban J connectivity index is 4.11. The fourth-order valence-corrected chi connectivity index (χ4v) is 4.41. The minimum Gasteiger partial charge on any atom is -0.790 e. The molecule has 0 spiro atoms. The predicted octanol–water partition coefficient (Wildman–Crippen LogP) is 7.24. The van der Waals surface area contributed by atoms with E-state index >= 15 is 0 Å². The first-order chi connectivity index (χ1) is 19.3. The van der Waals surface area contributed by atoms with E-state index in [1.165, 1.54) is 51.4 Å². The van der Waals surface area contributed by atoms with Gasteiger partial charge in [-0.1, -0.05) is 89.5 Å². The minimum absolute atomic E-state index is 0.158. The maximum atomic E-state index is 12.2. The van der Waals surface area contributed by atoms with Gasteiger partial charge in [0.25, 0.3) is 0 Å². The number of phosphoric acid groups is 1. The Bertz CT molecular complexity index is 716. The quantitative estimate of drug-likeness (QED) is 0.0406. The Kier molecular flexibility index (Phi) is 26.7. The molecule has 0 saturated carbocycles. The number of esters is 2. The molecule has 0 amide bonds. The lowest BCUT2D eigenvalue weighted by Gasteiger charge is -2.30. The Morgan fingerprint density at radius 3 is 1.48 bits per heavy atom. The predicted molar refractivity (Wildman–Crippen MR) is 156 cm³/mol. The average molecular weight is 587 g/mol. The standard InChI is InChI=1S/C31H57O8P/c1-3-5-7-9-11-13-15-17-19-21-23-25-30(32)37-27-29(28-38-40(34,35)36)39-31(33)26-24-22-20-18-16-14-12-10-8-6-4-2/h13-16,29H,3-12,17-28H2,1-2H3,(H2,34,35,36)/p-2/b15-13-,16-14-/t29-/m1/s1. The van der Waals surface area contributed by atoms with Gasteiger partial charge in [-0.3, -0.25) is 9.59 Å². The van der Waals surface area contributed by atoms with Crippen molar-refractivity contribution in [3.8, 4) is 0 Å². The summed E-state index contributed by atoms with van der Waals surface area (Å²) in [6, 6.07) is 0. The van der Waals surface area contributed by atoms with E-state index < -0.39 is 32.5 Å². The highest BCUT2D eigenvalue weighted by molar-refractivity contribution is 7.43. The number of ether oxygens (including phenoxy) is 2. The number of hydrogen-bond acceptors (Lipinski definition) is 8. The number of hydrogen-bond donors (Lipinski definition) is 0. The maximum absolute atomic E-state index is 12.2. The normalized spacial score (nSPS) is 12.8. The van der Waals surface area contributed by atoms with E-state index in [2.05, 4.69) is 42.7 Å². The molecule has 0 aromatic heterocycles. The molecule has 0 rings (SSSR count). The molecule has 0 aliphatic rings. The highest BCUT2D eigenvalue weighted by Crippen LogP contribution is 2.25. The van der Waals surface area contributed by atoms with Crippen molar-refractivity contribution in [2.24, 2.45) is 0 Å². The number of phosphoric ester groups is 1. The summed E-state index contributed by atoms with van der Waals surface area (Å²) in [4.78, 5) is 46.0. The van der Waals surface area contributed by atoms with Gasteiger partial charge in [0.15, 0.2) is 6.10 Å². The molecular weight excluding hydrogens is 531 g/mol. The molecule has 0 aromatic rings. The first-order valence-corrected chi connectivity index (χ1v) is 17.1. The number of allylic oxidation sites excluding steroid dienone is 4. The smallest absolute Gasteiger partial charge is 0.306 e. The molecule has 0 heterocycles. The van der Waals surface area contributed by atoms with Crippen LogP contribution >= 0.6 is 7.82 Å². The van der Waals surface area contributed by atoms with E-state index in [0.717, 1.165) is 51.4 Å². The van der Waals surface area contributed by atoms with Gasteiger partial charge in [-0.2, -0.15) is 0 Å². The molecule has 0 fully saturated rings. The van der Waals surface area contributed by atoms with Crippen LogP contribution in [0.5, 0.6) is 0 Å². The van der Waals surface area contributed by atoms with Gasteiger partial charge in [0.1, 0.15) is 6.61 Å². The van der Waals surface area contributed by atoms with E-state index in [4.69, 9.17) is 9.47 Å². The highest BCUT2D eigenvalue weighted by Gasteiger charge is 2.18. The van der Waals surface area contributed by atoms with Crippen molar-refractivity contribution in [1.82, 2.24) is 0 Å². The number of rotatable bonds is 28. The Labute approximate surface area is 243 Å². The van der Waals surface area contributed by atoms with Gasteiger partial charge in [0, 0.05) is 12.8 Å². The number of carbonyl (C=O) groups is 2. The lowest BCUT2D eigenvalue weighted by atomic mass is 10.1. The van der Waals surface area contributed by atoms with Gasteiger partial charge < -0.3 is 28.3 Å². The third-order valence-electron chi connectivity index (χ3n) is 6.43. The first kappa shape index (κ1) is 38.5. The summed E-state index contributed by atoms with van der Waals surface area (Å²) in [5, 5.41) is 0. The lowest BCUT2D eigenvalue weighted by molar-refractivity contribution is -0.343. The van der Waals surface area contributed by atoms with Crippen LogP contribution in [0.4, 0.5) is 0 Å². The Morgan fingerprint density at radius 2 is 1.05 bits per heavy atom. The van der Waals surface area contributed by atoms with Gasteiger partial charge in [-0.05, 0) is 64.2 Å². The van der Waals surface area contributed by atoms with Crippen molar-refractivity contribution in [1.29, 1.82) is 0 Å². The van der Waals surface area contributed by atoms with E-state index in [0.29, 0.717) is 12.8 Å². The first-order valence-electron chi connectivity index (χ1n) is 15.6. The zero-order valence-electron chi connectivity index (χ0n) is 25.2. The zero-order chi connectivity index (χ0) is 29.7. The average Bonchev–Trinajstić information content (AvgIpc) is 2.91. The Morgan fingerprint density at radius 1 is 0.625 bits per heavy atom. The molecule has 40 heavy (non-hydrogen) atoms. The number of carbonyl (C=O) groups excluding carboxylic acids is 2. The molecule has 0 bridgehead atoms. The van der Waals surface area contributed by atoms with Crippen LogP contribution in [-0.4, -0.2) is 31.3 Å². The van der Waals surface area contributed by atoms with Crippen molar-refractivity contribution in [2.45, 2.75) is 148 Å². The van der Waals surface area contributed by atoms with Crippen molar-refractivity contribution < 1.29 is 37.9 Å². The van der Waals surface area contributed by atoms with Gasteiger partial charge in [0.2, 0.25) is 0 Å². The summed E-state index contributed by atoms with van der Waals surface area (Å²) < 4.78 is 25.5. The van der Waals surface area contributed by atoms with Crippen LogP contribution in [0.1, 0.15) is 142 Å². The molecule has 0 aromatic carbocycles. The summed E-state index contributed by atoms with van der Waals surface area (Å²) in [5.74, 6) is -1.00. The molecule has 8 nitrogen and oxygen atoms in total. The van der Waals surface area contributed by atoms with Crippen LogP contribution < -0.4 is 9.79 Å². The largest absolute Gasteiger partial charge is 0.790 e. The summed E-state index contributed by atoms with van der Waals surface area (Å²) in [5.41, 5.74) is 0. The number of unbranched alkanes of at least 4 members (excludes halogenated alkanes) is 14. The third-order valence-corrected chi connectivity index (χ3v) is 6.90. The van der Waals surface area contributed by atoms with Crippen LogP contribution in [0.3, 0.4) is 0 Å². The third kappa shape index (κ3) is 29.5. The van der Waals surface area contributed by atoms with E-state index in [1.54, 1.807) is 0 Å². The topological polar surface area (TPSA) is 125 Å². The second-order valence-electron chi connectivity index (χ2n) is 10.4. The minimum atomic E-state index is -5.24. The molecular formula is C31H55O8P-2. The second kappa shape index (κ2) is 27.7. The van der Waals surface area contributed by atoms with E-state index in [-0.39, 0.29) is 19.4 Å². The van der Waals surface area contributed by atoms with Gasteiger partial charge in [0.05, 0.1) is 14.4 Å². The molecule has 0 aliphatic carbocycles. The second-order valence-corrected chi connectivity index (χ2v) is 11.5. The van der Waals surface area contributed by atoms with Crippen LogP contribution in [-0.2, 0) is 28.2 Å². The summed E-state index contributed by atoms with van der Waals surface area (Å²) in [7, 11) is -5.24. The fourth-order valence-electron chi connectivity index (χ4n) is 4.06. The fraction of sp³-hybridized carbons (Fsp3) is 0.806. The SMILES string of the molecule is CCCCCC/C=C\CCCCCC(=O)OC[C@H](COP(=O)([O-])[O-])OC(=O)CCCCC/C=C\CCCCCC. The molecule has 0 unspecified atom stereocenters.